The Bertz CT molecular complexity index is 280. The molecule has 0 bridgehead atoms. The van der Waals surface area contributed by atoms with Gasteiger partial charge >= 0.3 is 0 Å². The lowest BCUT2D eigenvalue weighted by Crippen LogP contribution is -2.10. The van der Waals surface area contributed by atoms with Crippen LogP contribution in [0.2, 0.25) is 0 Å². The number of aromatic nitrogens is 2. The van der Waals surface area contributed by atoms with Gasteiger partial charge in [-0.15, -0.1) is 0 Å². The van der Waals surface area contributed by atoms with Gasteiger partial charge in [0.05, 0.1) is 12.3 Å². The first-order chi connectivity index (χ1) is 7.36. The number of ether oxygens (including phenoxy) is 1. The fourth-order valence-corrected chi connectivity index (χ4v) is 1.10. The van der Waals surface area contributed by atoms with Crippen molar-refractivity contribution >= 4 is 5.82 Å². The van der Waals surface area contributed by atoms with Crippen molar-refractivity contribution in [3.63, 3.8) is 0 Å². The van der Waals surface area contributed by atoms with E-state index in [1.807, 2.05) is 13.0 Å². The van der Waals surface area contributed by atoms with Gasteiger partial charge in [-0.25, -0.2) is 9.97 Å². The maximum atomic E-state index is 5.40. The van der Waals surface area contributed by atoms with Gasteiger partial charge in [0.2, 0.25) is 0 Å². The number of nitrogens with two attached hydrogens (primary N) is 1. The first-order valence-electron chi connectivity index (χ1n) is 5.19. The van der Waals surface area contributed by atoms with Crippen molar-refractivity contribution in [3.05, 3.63) is 18.1 Å². The van der Waals surface area contributed by atoms with Crippen LogP contribution in [0.3, 0.4) is 0 Å². The predicted octanol–water partition coefficient (Wildman–Crippen LogP) is 0.774. The van der Waals surface area contributed by atoms with Crippen LogP contribution in [0.1, 0.15) is 19.0 Å². The lowest BCUT2D eigenvalue weighted by atomic mass is 10.4. The van der Waals surface area contributed by atoms with Crippen LogP contribution in [0.15, 0.2) is 12.4 Å². The van der Waals surface area contributed by atoms with Gasteiger partial charge in [-0.1, -0.05) is 0 Å². The van der Waals surface area contributed by atoms with Crippen LogP contribution in [-0.2, 0) is 11.3 Å². The molecule has 15 heavy (non-hydrogen) atoms. The van der Waals surface area contributed by atoms with E-state index in [2.05, 4.69) is 15.3 Å². The Kier molecular flexibility index (Phi) is 5.65. The maximum absolute atomic E-state index is 5.40. The van der Waals surface area contributed by atoms with Gasteiger partial charge in [0.25, 0.3) is 0 Å². The molecule has 0 aliphatic carbocycles. The minimum atomic E-state index is 0.532. The molecule has 0 aliphatic rings. The first-order valence-corrected chi connectivity index (χ1v) is 5.19. The van der Waals surface area contributed by atoms with Crippen LogP contribution in [0.25, 0.3) is 0 Å². The molecule has 0 atom stereocenters. The van der Waals surface area contributed by atoms with Gasteiger partial charge < -0.3 is 15.8 Å². The third kappa shape index (κ3) is 4.71. The Hall–Kier alpha value is -1.20. The van der Waals surface area contributed by atoms with Gasteiger partial charge in [-0.3, -0.25) is 0 Å². The summed E-state index contributed by atoms with van der Waals surface area (Å²) in [7, 11) is 0. The highest BCUT2D eigenvalue weighted by Gasteiger charge is 1.97. The molecular weight excluding hydrogens is 192 g/mol. The largest absolute Gasteiger partial charge is 0.375 e. The van der Waals surface area contributed by atoms with Gasteiger partial charge in [0, 0.05) is 19.2 Å². The van der Waals surface area contributed by atoms with E-state index in [0.29, 0.717) is 19.8 Å². The summed E-state index contributed by atoms with van der Waals surface area (Å²) in [5.41, 5.74) is 6.29. The molecular formula is C10H18N4O. The zero-order valence-corrected chi connectivity index (χ0v) is 9.07. The van der Waals surface area contributed by atoms with Crippen molar-refractivity contribution in [1.29, 1.82) is 0 Å². The molecule has 0 radical (unpaired) electrons. The summed E-state index contributed by atoms with van der Waals surface area (Å²) in [6, 6.07) is 1.90. The van der Waals surface area contributed by atoms with E-state index < -0.39 is 0 Å². The smallest absolute Gasteiger partial charge is 0.129 e. The normalized spacial score (nSPS) is 10.3. The van der Waals surface area contributed by atoms with Crippen LogP contribution >= 0.6 is 0 Å². The number of nitrogens with one attached hydrogen (secondary N) is 1. The average molecular weight is 210 g/mol. The molecule has 0 aromatic carbocycles. The van der Waals surface area contributed by atoms with Crippen molar-refractivity contribution in [2.45, 2.75) is 20.0 Å². The quantitative estimate of drug-likeness (QED) is 0.650. The monoisotopic (exact) mass is 210 g/mol. The lowest BCUT2D eigenvalue weighted by Gasteiger charge is -2.05. The van der Waals surface area contributed by atoms with E-state index in [1.54, 1.807) is 6.33 Å². The highest BCUT2D eigenvalue weighted by Crippen LogP contribution is 2.04. The van der Waals surface area contributed by atoms with Crippen molar-refractivity contribution < 1.29 is 4.74 Å². The van der Waals surface area contributed by atoms with E-state index in [4.69, 9.17) is 10.5 Å². The van der Waals surface area contributed by atoms with E-state index in [9.17, 15) is 0 Å². The Balaban J connectivity index is 2.42. The molecule has 0 unspecified atom stereocenters. The molecule has 0 saturated carbocycles. The summed E-state index contributed by atoms with van der Waals surface area (Å²) in [6.07, 6.45) is 2.48. The highest BCUT2D eigenvalue weighted by atomic mass is 16.5. The summed E-state index contributed by atoms with van der Waals surface area (Å²) in [5, 5.41) is 3.18. The number of rotatable bonds is 7. The zero-order valence-electron chi connectivity index (χ0n) is 9.07. The number of hydrogen-bond donors (Lipinski definition) is 2. The summed E-state index contributed by atoms with van der Waals surface area (Å²) >= 11 is 0. The fraction of sp³-hybridized carbons (Fsp3) is 0.600. The topological polar surface area (TPSA) is 73.1 Å². The molecule has 0 saturated heterocycles. The number of nitrogens with zero attached hydrogens (tertiary/aromatic N) is 2. The molecule has 0 amide bonds. The summed E-state index contributed by atoms with van der Waals surface area (Å²) in [6.45, 7) is 4.71. The standard InChI is InChI=1S/C10H18N4O/c1-2-15-7-9-6-10(14-8-13-9)12-5-3-4-11/h6,8H,2-5,7,11H2,1H3,(H,12,13,14). The molecule has 0 aliphatic heterocycles. The molecule has 0 spiro atoms. The second kappa shape index (κ2) is 7.14. The Morgan fingerprint density at radius 2 is 2.33 bits per heavy atom. The van der Waals surface area contributed by atoms with Crippen molar-refractivity contribution in [1.82, 2.24) is 9.97 Å². The Labute approximate surface area is 90.1 Å². The minimum absolute atomic E-state index is 0.532. The first kappa shape index (κ1) is 11.9. The Morgan fingerprint density at radius 3 is 3.07 bits per heavy atom. The average Bonchev–Trinajstić information content (AvgIpc) is 2.27. The van der Waals surface area contributed by atoms with Gasteiger partial charge in [-0.2, -0.15) is 0 Å². The van der Waals surface area contributed by atoms with E-state index in [0.717, 1.165) is 24.5 Å². The van der Waals surface area contributed by atoms with Crippen molar-refractivity contribution in [2.75, 3.05) is 25.0 Å². The molecule has 1 aromatic rings. The summed E-state index contributed by atoms with van der Waals surface area (Å²) in [5.74, 6) is 0.827. The molecule has 3 N–H and O–H groups in total. The third-order valence-electron chi connectivity index (χ3n) is 1.86. The fourth-order valence-electron chi connectivity index (χ4n) is 1.10. The zero-order chi connectivity index (χ0) is 10.9. The lowest BCUT2D eigenvalue weighted by molar-refractivity contribution is 0.131. The van der Waals surface area contributed by atoms with Crippen LogP contribution in [-0.4, -0.2) is 29.7 Å². The predicted molar refractivity (Wildman–Crippen MR) is 59.5 cm³/mol. The van der Waals surface area contributed by atoms with Gasteiger partial charge in [0.15, 0.2) is 0 Å². The molecule has 5 nitrogen and oxygen atoms in total. The van der Waals surface area contributed by atoms with Crippen molar-refractivity contribution in [2.24, 2.45) is 5.73 Å². The number of hydrogen-bond acceptors (Lipinski definition) is 5. The van der Waals surface area contributed by atoms with E-state index >= 15 is 0 Å². The molecule has 1 aromatic heterocycles. The van der Waals surface area contributed by atoms with Crippen LogP contribution in [0.5, 0.6) is 0 Å². The van der Waals surface area contributed by atoms with Crippen molar-refractivity contribution in [3.8, 4) is 0 Å². The highest BCUT2D eigenvalue weighted by molar-refractivity contribution is 5.34. The maximum Gasteiger partial charge on any atom is 0.129 e. The van der Waals surface area contributed by atoms with E-state index in [1.165, 1.54) is 0 Å². The Morgan fingerprint density at radius 1 is 1.47 bits per heavy atom. The van der Waals surface area contributed by atoms with Crippen LogP contribution in [0.4, 0.5) is 5.82 Å². The van der Waals surface area contributed by atoms with Gasteiger partial charge in [-0.05, 0) is 19.9 Å². The third-order valence-corrected chi connectivity index (χ3v) is 1.86. The second-order valence-electron chi connectivity index (χ2n) is 3.10. The second-order valence-corrected chi connectivity index (χ2v) is 3.10. The number of anilines is 1. The van der Waals surface area contributed by atoms with Gasteiger partial charge in [0.1, 0.15) is 12.1 Å². The molecule has 5 heteroatoms. The summed E-state index contributed by atoms with van der Waals surface area (Å²) in [4.78, 5) is 8.21. The molecule has 84 valence electrons. The minimum Gasteiger partial charge on any atom is -0.375 e. The van der Waals surface area contributed by atoms with Crippen LogP contribution < -0.4 is 11.1 Å². The summed E-state index contributed by atoms with van der Waals surface area (Å²) < 4.78 is 5.26. The SMILES string of the molecule is CCOCc1cc(NCCCN)ncn1. The van der Waals surface area contributed by atoms with E-state index in [-0.39, 0.29) is 0 Å². The molecule has 0 fully saturated rings. The molecule has 1 rings (SSSR count). The molecule has 1 heterocycles. The van der Waals surface area contributed by atoms with Crippen LogP contribution in [0, 0.1) is 0 Å².